The number of hydrogen-bond donors (Lipinski definition) is 1. The zero-order valence-corrected chi connectivity index (χ0v) is 12.8. The van der Waals surface area contributed by atoms with Crippen LogP contribution in [0.2, 0.25) is 0 Å². The van der Waals surface area contributed by atoms with E-state index < -0.39 is 0 Å². The summed E-state index contributed by atoms with van der Waals surface area (Å²) < 4.78 is 0. The SMILES string of the molecule is CCC1(C(=O)NCC(C)C)CCN(C(C)C)CC1. The van der Waals surface area contributed by atoms with Gasteiger partial charge < -0.3 is 10.2 Å². The zero-order valence-electron chi connectivity index (χ0n) is 12.8. The number of rotatable bonds is 5. The molecule has 0 atom stereocenters. The minimum absolute atomic E-state index is 0.111. The molecule has 1 rings (SSSR count). The van der Waals surface area contributed by atoms with Gasteiger partial charge in [-0.1, -0.05) is 20.8 Å². The third-order valence-corrected chi connectivity index (χ3v) is 4.31. The molecule has 0 aromatic heterocycles. The van der Waals surface area contributed by atoms with Gasteiger partial charge in [-0.2, -0.15) is 0 Å². The van der Waals surface area contributed by atoms with Gasteiger partial charge in [0.05, 0.1) is 5.41 Å². The molecule has 1 fully saturated rings. The Morgan fingerprint density at radius 3 is 2.17 bits per heavy atom. The molecular formula is C15H30N2O. The Bertz CT molecular complexity index is 266. The summed E-state index contributed by atoms with van der Waals surface area (Å²) in [6.07, 6.45) is 2.97. The van der Waals surface area contributed by atoms with Gasteiger partial charge in [0, 0.05) is 12.6 Å². The van der Waals surface area contributed by atoms with Crippen LogP contribution in [0, 0.1) is 11.3 Å². The second-order valence-electron chi connectivity index (χ2n) is 6.37. The van der Waals surface area contributed by atoms with E-state index in [2.05, 4.69) is 44.8 Å². The van der Waals surface area contributed by atoms with Crippen molar-refractivity contribution in [3.63, 3.8) is 0 Å². The third kappa shape index (κ3) is 3.71. The number of nitrogens with zero attached hydrogens (tertiary/aromatic N) is 1. The van der Waals surface area contributed by atoms with E-state index in [9.17, 15) is 4.79 Å². The number of piperidine rings is 1. The molecule has 1 saturated heterocycles. The van der Waals surface area contributed by atoms with Gasteiger partial charge in [0.1, 0.15) is 0 Å². The van der Waals surface area contributed by atoms with E-state index in [0.717, 1.165) is 38.9 Å². The van der Waals surface area contributed by atoms with Crippen molar-refractivity contribution in [1.82, 2.24) is 10.2 Å². The molecule has 1 amide bonds. The Labute approximate surface area is 112 Å². The topological polar surface area (TPSA) is 32.3 Å². The second-order valence-corrected chi connectivity index (χ2v) is 6.37. The Morgan fingerprint density at radius 1 is 1.22 bits per heavy atom. The molecule has 1 aliphatic rings. The maximum atomic E-state index is 12.4. The molecule has 0 radical (unpaired) electrons. The van der Waals surface area contributed by atoms with Crippen molar-refractivity contribution in [2.45, 2.75) is 59.9 Å². The Hall–Kier alpha value is -0.570. The molecule has 106 valence electrons. The summed E-state index contributed by atoms with van der Waals surface area (Å²) >= 11 is 0. The number of amides is 1. The van der Waals surface area contributed by atoms with Crippen molar-refractivity contribution in [2.24, 2.45) is 11.3 Å². The van der Waals surface area contributed by atoms with E-state index in [-0.39, 0.29) is 11.3 Å². The summed E-state index contributed by atoms with van der Waals surface area (Å²) in [6.45, 7) is 13.8. The van der Waals surface area contributed by atoms with E-state index >= 15 is 0 Å². The lowest BCUT2D eigenvalue weighted by Crippen LogP contribution is -2.50. The van der Waals surface area contributed by atoms with Crippen LogP contribution in [-0.4, -0.2) is 36.5 Å². The fourth-order valence-corrected chi connectivity index (χ4v) is 2.69. The molecule has 3 heteroatoms. The zero-order chi connectivity index (χ0) is 13.8. The highest BCUT2D eigenvalue weighted by Crippen LogP contribution is 2.35. The van der Waals surface area contributed by atoms with Crippen molar-refractivity contribution in [3.05, 3.63) is 0 Å². The van der Waals surface area contributed by atoms with Crippen LogP contribution in [0.5, 0.6) is 0 Å². The molecule has 1 N–H and O–H groups in total. The molecule has 0 unspecified atom stereocenters. The fraction of sp³-hybridized carbons (Fsp3) is 0.933. The van der Waals surface area contributed by atoms with Crippen LogP contribution in [-0.2, 0) is 4.79 Å². The summed E-state index contributed by atoms with van der Waals surface area (Å²) in [4.78, 5) is 14.9. The monoisotopic (exact) mass is 254 g/mol. The summed E-state index contributed by atoms with van der Waals surface area (Å²) in [7, 11) is 0. The van der Waals surface area contributed by atoms with Crippen LogP contribution in [0.3, 0.4) is 0 Å². The molecule has 0 aliphatic carbocycles. The normalized spacial score (nSPS) is 20.4. The van der Waals surface area contributed by atoms with E-state index in [0.29, 0.717) is 12.0 Å². The van der Waals surface area contributed by atoms with Crippen LogP contribution < -0.4 is 5.32 Å². The standard InChI is InChI=1S/C15H30N2O/c1-6-15(14(18)16-11-12(2)3)7-9-17(10-8-15)13(4)5/h12-13H,6-11H2,1-5H3,(H,16,18). The predicted molar refractivity (Wildman–Crippen MR) is 76.5 cm³/mol. The first-order chi connectivity index (χ1) is 8.41. The second kappa shape index (κ2) is 6.55. The Kier molecular flexibility index (Phi) is 5.64. The number of hydrogen-bond acceptors (Lipinski definition) is 2. The van der Waals surface area contributed by atoms with E-state index in [1.165, 1.54) is 0 Å². The lowest BCUT2D eigenvalue weighted by molar-refractivity contribution is -0.134. The molecule has 0 spiro atoms. The Morgan fingerprint density at radius 2 is 1.78 bits per heavy atom. The van der Waals surface area contributed by atoms with E-state index in [1.807, 2.05) is 0 Å². The smallest absolute Gasteiger partial charge is 0.226 e. The number of carbonyl (C=O) groups excluding carboxylic acids is 1. The van der Waals surface area contributed by atoms with Crippen LogP contribution in [0.1, 0.15) is 53.9 Å². The van der Waals surface area contributed by atoms with Crippen molar-refractivity contribution in [3.8, 4) is 0 Å². The molecular weight excluding hydrogens is 224 g/mol. The summed E-state index contributed by atoms with van der Waals surface area (Å²) in [6, 6.07) is 0.596. The number of nitrogens with one attached hydrogen (secondary N) is 1. The van der Waals surface area contributed by atoms with Gasteiger partial charge in [-0.3, -0.25) is 4.79 Å². The van der Waals surface area contributed by atoms with Crippen molar-refractivity contribution >= 4 is 5.91 Å². The maximum absolute atomic E-state index is 12.4. The molecule has 0 saturated carbocycles. The highest BCUT2D eigenvalue weighted by atomic mass is 16.2. The van der Waals surface area contributed by atoms with Gasteiger partial charge in [-0.15, -0.1) is 0 Å². The van der Waals surface area contributed by atoms with Gasteiger partial charge in [0.25, 0.3) is 0 Å². The first-order valence-electron chi connectivity index (χ1n) is 7.43. The fourth-order valence-electron chi connectivity index (χ4n) is 2.69. The highest BCUT2D eigenvalue weighted by molar-refractivity contribution is 5.82. The highest BCUT2D eigenvalue weighted by Gasteiger charge is 2.39. The third-order valence-electron chi connectivity index (χ3n) is 4.31. The number of likely N-dealkylation sites (tertiary alicyclic amines) is 1. The minimum atomic E-state index is -0.111. The summed E-state index contributed by atoms with van der Waals surface area (Å²) in [5, 5.41) is 3.13. The van der Waals surface area contributed by atoms with Gasteiger partial charge >= 0.3 is 0 Å². The largest absolute Gasteiger partial charge is 0.355 e. The average molecular weight is 254 g/mol. The number of carbonyl (C=O) groups is 1. The first-order valence-corrected chi connectivity index (χ1v) is 7.43. The minimum Gasteiger partial charge on any atom is -0.355 e. The van der Waals surface area contributed by atoms with Gasteiger partial charge in [0.2, 0.25) is 5.91 Å². The lowest BCUT2D eigenvalue weighted by Gasteiger charge is -2.41. The first kappa shape index (κ1) is 15.5. The predicted octanol–water partition coefficient (Wildman–Crippen LogP) is 2.66. The van der Waals surface area contributed by atoms with Crippen LogP contribution in [0.4, 0.5) is 0 Å². The Balaban J connectivity index is 2.57. The molecule has 0 aromatic carbocycles. The van der Waals surface area contributed by atoms with Crippen molar-refractivity contribution in [2.75, 3.05) is 19.6 Å². The summed E-state index contributed by atoms with van der Waals surface area (Å²) in [5.74, 6) is 0.806. The molecule has 0 aromatic rings. The van der Waals surface area contributed by atoms with Gasteiger partial charge in [-0.25, -0.2) is 0 Å². The molecule has 18 heavy (non-hydrogen) atoms. The van der Waals surface area contributed by atoms with Crippen LogP contribution in [0.25, 0.3) is 0 Å². The quantitative estimate of drug-likeness (QED) is 0.818. The molecule has 0 bridgehead atoms. The van der Waals surface area contributed by atoms with Gasteiger partial charge in [-0.05, 0) is 52.1 Å². The van der Waals surface area contributed by atoms with E-state index in [4.69, 9.17) is 0 Å². The molecule has 3 nitrogen and oxygen atoms in total. The molecule has 1 heterocycles. The van der Waals surface area contributed by atoms with Crippen LogP contribution >= 0.6 is 0 Å². The van der Waals surface area contributed by atoms with Crippen molar-refractivity contribution < 1.29 is 4.79 Å². The van der Waals surface area contributed by atoms with Crippen LogP contribution in [0.15, 0.2) is 0 Å². The average Bonchev–Trinajstić information content (AvgIpc) is 2.35. The van der Waals surface area contributed by atoms with Crippen molar-refractivity contribution in [1.29, 1.82) is 0 Å². The van der Waals surface area contributed by atoms with E-state index in [1.54, 1.807) is 0 Å². The summed E-state index contributed by atoms with van der Waals surface area (Å²) in [5.41, 5.74) is -0.111. The molecule has 1 aliphatic heterocycles. The maximum Gasteiger partial charge on any atom is 0.226 e. The van der Waals surface area contributed by atoms with Gasteiger partial charge in [0.15, 0.2) is 0 Å². The lowest BCUT2D eigenvalue weighted by atomic mass is 9.75.